The summed E-state index contributed by atoms with van der Waals surface area (Å²) in [6, 6.07) is 0. The summed E-state index contributed by atoms with van der Waals surface area (Å²) in [5.74, 6) is 0. The Morgan fingerprint density at radius 1 is 1.71 bits per heavy atom. The predicted octanol–water partition coefficient (Wildman–Crippen LogP) is 0.645. The van der Waals surface area contributed by atoms with Gasteiger partial charge in [0.1, 0.15) is 0 Å². The van der Waals surface area contributed by atoms with Crippen LogP contribution in [-0.2, 0) is 0 Å². The molecule has 0 aromatic heterocycles. The molecule has 0 atom stereocenters. The van der Waals surface area contributed by atoms with Crippen molar-refractivity contribution in [2.45, 2.75) is 0 Å². The van der Waals surface area contributed by atoms with Crippen LogP contribution in [0, 0.1) is 0 Å². The van der Waals surface area contributed by atoms with Crippen molar-refractivity contribution >= 4 is 6.21 Å². The van der Waals surface area contributed by atoms with Crippen molar-refractivity contribution in [1.82, 2.24) is 5.32 Å². The molecular weight excluding hydrogens is 88.1 g/mol. The van der Waals surface area contributed by atoms with E-state index in [9.17, 15) is 0 Å². The average molecular weight is 94.1 g/mol. The second kappa shape index (κ2) is 1.60. The van der Waals surface area contributed by atoms with E-state index in [1.807, 2.05) is 0 Å². The van der Waals surface area contributed by atoms with Gasteiger partial charge in [-0.15, -0.1) is 0 Å². The molecule has 0 radical (unpaired) electrons. The van der Waals surface area contributed by atoms with Crippen LogP contribution in [0.3, 0.4) is 0 Å². The van der Waals surface area contributed by atoms with Crippen LogP contribution in [0.1, 0.15) is 0 Å². The number of hydrogen-bond donors (Lipinski definition) is 1. The highest BCUT2D eigenvalue weighted by Crippen LogP contribution is 1.85. The first-order valence-corrected chi connectivity index (χ1v) is 2.03. The lowest BCUT2D eigenvalue weighted by molar-refractivity contribution is 1.12. The molecular formula is C5H6N2. The maximum atomic E-state index is 3.79. The van der Waals surface area contributed by atoms with Crippen LogP contribution in [0.4, 0.5) is 0 Å². The first kappa shape index (κ1) is 4.12. The van der Waals surface area contributed by atoms with E-state index in [2.05, 4.69) is 16.9 Å². The van der Waals surface area contributed by atoms with Crippen LogP contribution in [-0.4, -0.2) is 6.21 Å². The maximum Gasteiger partial charge on any atom is 0.0497 e. The highest BCUT2D eigenvalue weighted by atomic mass is 14.9. The Morgan fingerprint density at radius 2 is 2.57 bits per heavy atom. The molecule has 2 nitrogen and oxygen atoms in total. The summed E-state index contributed by atoms with van der Waals surface area (Å²) in [6.07, 6.45) is 5.08. The van der Waals surface area contributed by atoms with Gasteiger partial charge in [-0.2, -0.15) is 0 Å². The van der Waals surface area contributed by atoms with Crippen molar-refractivity contribution in [3.05, 3.63) is 24.7 Å². The summed E-state index contributed by atoms with van der Waals surface area (Å²) in [6.45, 7) is 3.60. The minimum Gasteiger partial charge on any atom is -0.359 e. The topological polar surface area (TPSA) is 24.4 Å². The standard InChI is InChI=1S/C5H6N2/c1-5-4-6-2-3-7-5/h2-4,7H,1H2. The summed E-state index contributed by atoms with van der Waals surface area (Å²) in [5.41, 5.74) is 0.836. The van der Waals surface area contributed by atoms with Crippen LogP contribution < -0.4 is 5.32 Å². The van der Waals surface area contributed by atoms with Crippen molar-refractivity contribution < 1.29 is 0 Å². The van der Waals surface area contributed by atoms with Crippen LogP contribution in [0.2, 0.25) is 0 Å². The zero-order chi connectivity index (χ0) is 5.11. The highest BCUT2D eigenvalue weighted by Gasteiger charge is 1.83. The van der Waals surface area contributed by atoms with Gasteiger partial charge >= 0.3 is 0 Å². The van der Waals surface area contributed by atoms with Crippen molar-refractivity contribution in [2.75, 3.05) is 0 Å². The molecule has 0 unspecified atom stereocenters. The van der Waals surface area contributed by atoms with Crippen LogP contribution in [0.25, 0.3) is 0 Å². The van der Waals surface area contributed by atoms with E-state index in [-0.39, 0.29) is 0 Å². The van der Waals surface area contributed by atoms with Gasteiger partial charge in [-0.1, -0.05) is 6.58 Å². The Bertz CT molecular complexity index is 133. The van der Waals surface area contributed by atoms with Crippen LogP contribution in [0.15, 0.2) is 29.7 Å². The van der Waals surface area contributed by atoms with Gasteiger partial charge in [0.25, 0.3) is 0 Å². The number of aliphatic imine (C=N–C) groups is 1. The number of nitrogens with one attached hydrogen (secondary N) is 1. The summed E-state index contributed by atoms with van der Waals surface area (Å²) in [4.78, 5) is 3.79. The van der Waals surface area contributed by atoms with E-state index in [0.29, 0.717) is 0 Å². The van der Waals surface area contributed by atoms with E-state index < -0.39 is 0 Å². The van der Waals surface area contributed by atoms with Gasteiger partial charge < -0.3 is 5.32 Å². The lowest BCUT2D eigenvalue weighted by atomic mass is 10.5. The average Bonchev–Trinajstić information content (AvgIpc) is 1.69. The fraction of sp³-hybridized carbons (Fsp3) is 0. The lowest BCUT2D eigenvalue weighted by Gasteiger charge is -1.98. The van der Waals surface area contributed by atoms with E-state index in [1.54, 1.807) is 18.6 Å². The number of hydrogen-bond acceptors (Lipinski definition) is 2. The molecule has 1 N–H and O–H groups in total. The molecule has 1 rings (SSSR count). The molecule has 0 aromatic rings. The van der Waals surface area contributed by atoms with Crippen molar-refractivity contribution in [3.63, 3.8) is 0 Å². The quantitative estimate of drug-likeness (QED) is 0.468. The number of rotatable bonds is 0. The summed E-state index contributed by atoms with van der Waals surface area (Å²) in [7, 11) is 0. The van der Waals surface area contributed by atoms with Gasteiger partial charge in [-0.05, 0) is 0 Å². The monoisotopic (exact) mass is 94.1 g/mol. The van der Waals surface area contributed by atoms with E-state index >= 15 is 0 Å². The van der Waals surface area contributed by atoms with Crippen molar-refractivity contribution in [3.8, 4) is 0 Å². The number of allylic oxidation sites excluding steroid dienone is 1. The van der Waals surface area contributed by atoms with Gasteiger partial charge in [0.05, 0.1) is 0 Å². The fourth-order valence-corrected chi connectivity index (χ4v) is 0.358. The molecule has 0 bridgehead atoms. The molecule has 0 saturated carbocycles. The molecule has 0 amide bonds. The second-order valence-electron chi connectivity index (χ2n) is 1.26. The third kappa shape index (κ3) is 0.892. The molecule has 0 aromatic carbocycles. The van der Waals surface area contributed by atoms with Crippen LogP contribution >= 0.6 is 0 Å². The lowest BCUT2D eigenvalue weighted by Crippen LogP contribution is -2.06. The van der Waals surface area contributed by atoms with E-state index in [4.69, 9.17) is 0 Å². The van der Waals surface area contributed by atoms with Gasteiger partial charge in [0.15, 0.2) is 0 Å². The third-order valence-corrected chi connectivity index (χ3v) is 0.660. The molecule has 2 heteroatoms. The van der Waals surface area contributed by atoms with Crippen molar-refractivity contribution in [2.24, 2.45) is 4.99 Å². The molecule has 0 spiro atoms. The normalized spacial score (nSPS) is 16.9. The third-order valence-electron chi connectivity index (χ3n) is 0.660. The van der Waals surface area contributed by atoms with Crippen LogP contribution in [0.5, 0.6) is 0 Å². The zero-order valence-electron chi connectivity index (χ0n) is 3.89. The van der Waals surface area contributed by atoms with E-state index in [0.717, 1.165) is 5.70 Å². The molecule has 1 aliphatic heterocycles. The minimum absolute atomic E-state index is 0.836. The van der Waals surface area contributed by atoms with Crippen molar-refractivity contribution in [1.29, 1.82) is 0 Å². The number of nitrogens with zero attached hydrogens (tertiary/aromatic N) is 1. The van der Waals surface area contributed by atoms with Gasteiger partial charge in [0.2, 0.25) is 0 Å². The summed E-state index contributed by atoms with van der Waals surface area (Å²) >= 11 is 0. The predicted molar refractivity (Wildman–Crippen MR) is 29.9 cm³/mol. The second-order valence-corrected chi connectivity index (χ2v) is 1.26. The van der Waals surface area contributed by atoms with E-state index in [1.165, 1.54) is 0 Å². The molecule has 1 aliphatic rings. The Morgan fingerprint density at radius 3 is 2.86 bits per heavy atom. The molecule has 36 valence electrons. The summed E-state index contributed by atoms with van der Waals surface area (Å²) in [5, 5.41) is 2.86. The highest BCUT2D eigenvalue weighted by molar-refractivity contribution is 5.78. The molecule has 0 saturated heterocycles. The van der Waals surface area contributed by atoms with Gasteiger partial charge in [0, 0.05) is 24.3 Å². The Kier molecular flexibility index (Phi) is 0.941. The molecule has 0 aliphatic carbocycles. The zero-order valence-corrected chi connectivity index (χ0v) is 3.89. The molecule has 7 heavy (non-hydrogen) atoms. The van der Waals surface area contributed by atoms with Gasteiger partial charge in [-0.25, -0.2) is 0 Å². The summed E-state index contributed by atoms with van der Waals surface area (Å²) < 4.78 is 0. The Hall–Kier alpha value is -1.05. The largest absolute Gasteiger partial charge is 0.359 e. The first-order chi connectivity index (χ1) is 3.39. The fourth-order valence-electron chi connectivity index (χ4n) is 0.358. The first-order valence-electron chi connectivity index (χ1n) is 2.03. The SMILES string of the molecule is C=C1C=NC=CN1. The molecule has 1 heterocycles. The maximum absolute atomic E-state index is 3.79. The van der Waals surface area contributed by atoms with Gasteiger partial charge in [-0.3, -0.25) is 4.99 Å². The Labute approximate surface area is 42.3 Å². The smallest absolute Gasteiger partial charge is 0.0497 e. The Balaban J connectivity index is 2.66. The molecule has 0 fully saturated rings. The minimum atomic E-state index is 0.836.